The van der Waals surface area contributed by atoms with Crippen molar-refractivity contribution in [2.75, 3.05) is 4.90 Å². The van der Waals surface area contributed by atoms with Crippen LogP contribution in [0, 0.1) is 5.92 Å². The zero-order valence-corrected chi connectivity index (χ0v) is 13.7. The molecule has 19 heavy (non-hydrogen) atoms. The lowest BCUT2D eigenvalue weighted by atomic mass is 9.99. The number of rotatable bonds is 3. The van der Waals surface area contributed by atoms with E-state index in [-0.39, 0.29) is 11.9 Å². The molecule has 2 unspecified atom stereocenters. The molecule has 0 N–H and O–H groups in total. The highest BCUT2D eigenvalue weighted by Crippen LogP contribution is 2.33. The number of amides is 1. The van der Waals surface area contributed by atoms with Crippen molar-refractivity contribution in [2.24, 2.45) is 5.92 Å². The minimum atomic E-state index is 0.138. The standard InChI is InChI=1S/C16H22BrNO/c1-10(2)15(17)9-13-5-6-16-14(8-13)7-11(3)18(16)12(4)19/h5-6,8,10-11,15H,7,9H2,1-4H3. The molecule has 0 radical (unpaired) electrons. The van der Waals surface area contributed by atoms with Crippen molar-refractivity contribution < 1.29 is 4.79 Å². The molecule has 0 spiro atoms. The van der Waals surface area contributed by atoms with Crippen LogP contribution in [0.5, 0.6) is 0 Å². The third-order valence-electron chi connectivity index (χ3n) is 3.85. The summed E-state index contributed by atoms with van der Waals surface area (Å²) in [6, 6.07) is 6.82. The molecule has 1 amide bonds. The molecule has 0 fully saturated rings. The van der Waals surface area contributed by atoms with Crippen LogP contribution < -0.4 is 4.90 Å². The summed E-state index contributed by atoms with van der Waals surface area (Å²) in [5, 5.41) is 0. The predicted octanol–water partition coefficient (Wildman–Crippen LogP) is 3.95. The SMILES string of the molecule is CC(=O)N1c2ccc(CC(Br)C(C)C)cc2CC1C. The summed E-state index contributed by atoms with van der Waals surface area (Å²) in [4.78, 5) is 14.1. The summed E-state index contributed by atoms with van der Waals surface area (Å²) in [6.45, 7) is 8.22. The van der Waals surface area contributed by atoms with E-state index in [9.17, 15) is 4.79 Å². The molecule has 0 saturated heterocycles. The minimum absolute atomic E-state index is 0.138. The molecular formula is C16H22BrNO. The Bertz CT molecular complexity index is 484. The Morgan fingerprint density at radius 1 is 1.47 bits per heavy atom. The van der Waals surface area contributed by atoms with E-state index in [1.165, 1.54) is 11.1 Å². The summed E-state index contributed by atoms with van der Waals surface area (Å²) in [6.07, 6.45) is 2.01. The van der Waals surface area contributed by atoms with Crippen molar-refractivity contribution in [3.05, 3.63) is 29.3 Å². The number of alkyl halides is 1. The fourth-order valence-corrected chi connectivity index (χ4v) is 3.13. The van der Waals surface area contributed by atoms with Crippen LogP contribution in [0.15, 0.2) is 18.2 Å². The minimum Gasteiger partial charge on any atom is -0.309 e. The van der Waals surface area contributed by atoms with Gasteiger partial charge in [-0.25, -0.2) is 0 Å². The van der Waals surface area contributed by atoms with Gasteiger partial charge in [0.1, 0.15) is 0 Å². The van der Waals surface area contributed by atoms with Gasteiger partial charge in [-0.15, -0.1) is 0 Å². The molecule has 2 rings (SSSR count). The average Bonchev–Trinajstić information content (AvgIpc) is 2.63. The monoisotopic (exact) mass is 323 g/mol. The lowest BCUT2D eigenvalue weighted by molar-refractivity contribution is -0.116. The van der Waals surface area contributed by atoms with Gasteiger partial charge in [-0.05, 0) is 42.9 Å². The maximum Gasteiger partial charge on any atom is 0.224 e. The molecule has 104 valence electrons. The molecular weight excluding hydrogens is 302 g/mol. The second kappa shape index (κ2) is 5.66. The quantitative estimate of drug-likeness (QED) is 0.771. The number of fused-ring (bicyclic) bond motifs is 1. The van der Waals surface area contributed by atoms with E-state index < -0.39 is 0 Å². The smallest absolute Gasteiger partial charge is 0.224 e. The first-order valence-electron chi connectivity index (χ1n) is 6.95. The number of benzene rings is 1. The number of anilines is 1. The molecule has 2 atom stereocenters. The Balaban J connectivity index is 2.22. The Morgan fingerprint density at radius 3 is 2.74 bits per heavy atom. The van der Waals surface area contributed by atoms with Gasteiger partial charge >= 0.3 is 0 Å². The number of hydrogen-bond donors (Lipinski definition) is 0. The van der Waals surface area contributed by atoms with Crippen molar-refractivity contribution in [3.8, 4) is 0 Å². The summed E-state index contributed by atoms with van der Waals surface area (Å²) >= 11 is 3.74. The fraction of sp³-hybridized carbons (Fsp3) is 0.562. The van der Waals surface area contributed by atoms with Gasteiger partial charge in [-0.1, -0.05) is 41.9 Å². The van der Waals surface area contributed by atoms with Crippen LogP contribution >= 0.6 is 15.9 Å². The number of carbonyl (C=O) groups is 1. The third-order valence-corrected chi connectivity index (χ3v) is 5.23. The van der Waals surface area contributed by atoms with Gasteiger partial charge in [0.15, 0.2) is 0 Å². The van der Waals surface area contributed by atoms with Gasteiger partial charge in [0, 0.05) is 23.5 Å². The lowest BCUT2D eigenvalue weighted by Crippen LogP contribution is -2.33. The summed E-state index contributed by atoms with van der Waals surface area (Å²) in [5.41, 5.74) is 3.76. The topological polar surface area (TPSA) is 20.3 Å². The summed E-state index contributed by atoms with van der Waals surface area (Å²) in [7, 11) is 0. The van der Waals surface area contributed by atoms with Crippen molar-refractivity contribution in [1.29, 1.82) is 0 Å². The summed E-state index contributed by atoms with van der Waals surface area (Å²) in [5.74, 6) is 0.764. The Morgan fingerprint density at radius 2 is 2.16 bits per heavy atom. The number of nitrogens with zero attached hydrogens (tertiary/aromatic N) is 1. The molecule has 0 bridgehead atoms. The van der Waals surface area contributed by atoms with E-state index >= 15 is 0 Å². The Kier molecular flexibility index (Phi) is 4.34. The van der Waals surface area contributed by atoms with E-state index in [1.54, 1.807) is 6.92 Å². The highest BCUT2D eigenvalue weighted by molar-refractivity contribution is 9.09. The van der Waals surface area contributed by atoms with Crippen LogP contribution in [0.4, 0.5) is 5.69 Å². The first-order chi connectivity index (χ1) is 8.90. The summed E-state index contributed by atoms with van der Waals surface area (Å²) < 4.78 is 0. The van der Waals surface area contributed by atoms with Gasteiger partial charge < -0.3 is 4.90 Å². The van der Waals surface area contributed by atoms with Gasteiger partial charge in [0.2, 0.25) is 5.91 Å². The first-order valence-corrected chi connectivity index (χ1v) is 7.87. The third kappa shape index (κ3) is 3.02. The average molecular weight is 324 g/mol. The fourth-order valence-electron chi connectivity index (χ4n) is 2.75. The van der Waals surface area contributed by atoms with E-state index in [2.05, 4.69) is 54.9 Å². The van der Waals surface area contributed by atoms with Crippen molar-refractivity contribution in [2.45, 2.75) is 51.4 Å². The predicted molar refractivity (Wildman–Crippen MR) is 84.0 cm³/mol. The molecule has 3 heteroatoms. The number of carbonyl (C=O) groups excluding carboxylic acids is 1. The largest absolute Gasteiger partial charge is 0.309 e. The van der Waals surface area contributed by atoms with E-state index in [0.717, 1.165) is 18.5 Å². The molecule has 0 saturated carbocycles. The molecule has 2 nitrogen and oxygen atoms in total. The van der Waals surface area contributed by atoms with Crippen molar-refractivity contribution in [1.82, 2.24) is 0 Å². The molecule has 1 heterocycles. The van der Waals surface area contributed by atoms with Gasteiger partial charge in [0.05, 0.1) is 0 Å². The second-order valence-corrected chi connectivity index (χ2v) is 7.05. The molecule has 1 aliphatic heterocycles. The van der Waals surface area contributed by atoms with Crippen molar-refractivity contribution in [3.63, 3.8) is 0 Å². The molecule has 0 aromatic heterocycles. The Hall–Kier alpha value is -0.830. The van der Waals surface area contributed by atoms with E-state index in [1.807, 2.05) is 4.90 Å². The van der Waals surface area contributed by atoms with Gasteiger partial charge in [0.25, 0.3) is 0 Å². The van der Waals surface area contributed by atoms with Crippen LogP contribution in [-0.2, 0) is 17.6 Å². The second-order valence-electron chi connectivity index (χ2n) is 5.87. The van der Waals surface area contributed by atoms with Crippen LogP contribution in [0.2, 0.25) is 0 Å². The zero-order valence-electron chi connectivity index (χ0n) is 12.1. The maximum atomic E-state index is 11.7. The lowest BCUT2D eigenvalue weighted by Gasteiger charge is -2.20. The van der Waals surface area contributed by atoms with E-state index in [4.69, 9.17) is 0 Å². The molecule has 1 aromatic rings. The van der Waals surface area contributed by atoms with Crippen LogP contribution in [0.3, 0.4) is 0 Å². The normalized spacial score (nSPS) is 19.7. The molecule has 1 aromatic carbocycles. The van der Waals surface area contributed by atoms with Gasteiger partial charge in [-0.3, -0.25) is 4.79 Å². The van der Waals surface area contributed by atoms with Crippen LogP contribution in [-0.4, -0.2) is 16.8 Å². The highest BCUT2D eigenvalue weighted by Gasteiger charge is 2.28. The number of halogens is 1. The number of hydrogen-bond acceptors (Lipinski definition) is 1. The van der Waals surface area contributed by atoms with Crippen molar-refractivity contribution >= 4 is 27.5 Å². The highest BCUT2D eigenvalue weighted by atomic mass is 79.9. The molecule has 0 aliphatic carbocycles. The molecule has 1 aliphatic rings. The zero-order chi connectivity index (χ0) is 14.2. The Labute approximate surface area is 124 Å². The van der Waals surface area contributed by atoms with Gasteiger partial charge in [-0.2, -0.15) is 0 Å². The maximum absolute atomic E-state index is 11.7. The van der Waals surface area contributed by atoms with Crippen LogP contribution in [0.1, 0.15) is 38.8 Å². The first kappa shape index (κ1) is 14.6. The van der Waals surface area contributed by atoms with E-state index in [0.29, 0.717) is 10.7 Å². The van der Waals surface area contributed by atoms with Crippen LogP contribution in [0.25, 0.3) is 0 Å².